The summed E-state index contributed by atoms with van der Waals surface area (Å²) in [5, 5.41) is 3.36. The fourth-order valence-corrected chi connectivity index (χ4v) is 4.67. The van der Waals surface area contributed by atoms with Crippen LogP contribution in [0, 0.1) is 0 Å². The van der Waals surface area contributed by atoms with E-state index in [1.807, 2.05) is 13.0 Å². The smallest absolute Gasteiger partial charge is 0.422 e. The topological polar surface area (TPSA) is 86.1 Å². The van der Waals surface area contributed by atoms with Crippen molar-refractivity contribution in [2.24, 2.45) is 5.73 Å². The van der Waals surface area contributed by atoms with E-state index in [0.717, 1.165) is 62.2 Å². The van der Waals surface area contributed by atoms with E-state index in [9.17, 15) is 18.0 Å². The fraction of sp³-hybridized carbons (Fsp3) is 0.552. The van der Waals surface area contributed by atoms with Crippen molar-refractivity contribution in [2.75, 3.05) is 51.0 Å². The molecule has 1 aliphatic rings. The van der Waals surface area contributed by atoms with Gasteiger partial charge >= 0.3 is 6.18 Å². The highest BCUT2D eigenvalue weighted by atomic mass is 19.4. The van der Waals surface area contributed by atoms with Crippen molar-refractivity contribution in [1.29, 1.82) is 0 Å². The summed E-state index contributed by atoms with van der Waals surface area (Å²) < 4.78 is 53.7. The Labute approximate surface area is 228 Å². The minimum Gasteiger partial charge on any atom is -0.488 e. The molecule has 3 N–H and O–H groups in total. The lowest BCUT2D eigenvalue weighted by Crippen LogP contribution is -2.32. The molecule has 0 aromatic heterocycles. The van der Waals surface area contributed by atoms with Gasteiger partial charge in [0, 0.05) is 38.9 Å². The molecule has 0 fully saturated rings. The number of primary amides is 1. The number of rotatable bonds is 17. The number of nitrogens with zero attached hydrogens (tertiary/aromatic N) is 1. The molecule has 1 heterocycles. The summed E-state index contributed by atoms with van der Waals surface area (Å²) in [4.78, 5) is 14.6. The summed E-state index contributed by atoms with van der Waals surface area (Å²) in [6.45, 7) is 6.69. The van der Waals surface area contributed by atoms with Gasteiger partial charge in [-0.05, 0) is 61.9 Å². The Kier molecular flexibility index (Phi) is 11.7. The van der Waals surface area contributed by atoms with Crippen molar-refractivity contribution < 1.29 is 32.2 Å². The molecule has 2 aromatic rings. The second kappa shape index (κ2) is 15.0. The first-order valence-electron chi connectivity index (χ1n) is 13.6. The number of halogens is 3. The van der Waals surface area contributed by atoms with Gasteiger partial charge in [0.15, 0.2) is 18.1 Å². The van der Waals surface area contributed by atoms with Crippen LogP contribution in [0.15, 0.2) is 36.4 Å². The Hall–Kier alpha value is -2.98. The third-order valence-corrected chi connectivity index (χ3v) is 6.48. The SMILES string of the molecule is CCCCOCCCN1CCc2cc(C[C@@H](C)NCCOc3ccccc3OCC(F)(F)F)cc(C(N)=O)c21. The summed E-state index contributed by atoms with van der Waals surface area (Å²) in [6.07, 6.45) is 0.206. The largest absolute Gasteiger partial charge is 0.488 e. The Morgan fingerprint density at radius 3 is 2.51 bits per heavy atom. The van der Waals surface area contributed by atoms with Crippen molar-refractivity contribution in [3.05, 3.63) is 53.1 Å². The number of nitrogens with two attached hydrogens (primary N) is 1. The van der Waals surface area contributed by atoms with E-state index in [1.165, 1.54) is 6.07 Å². The van der Waals surface area contributed by atoms with Crippen molar-refractivity contribution in [3.8, 4) is 11.5 Å². The molecular formula is C29H40F3N3O4. The van der Waals surface area contributed by atoms with Crippen LogP contribution in [-0.2, 0) is 17.6 Å². The standard InChI is InChI=1S/C29H40F3N3O4/c1-3-4-14-37-15-7-12-35-13-10-23-18-22(19-24(27(23)35)28(33)36)17-21(2)34-11-16-38-25-8-5-6-9-26(25)39-20-29(30,31)32/h5-6,8-9,18-19,21,34H,3-4,7,10-17,20H2,1-2H3,(H2,33,36)/t21-/m1/s1. The van der Waals surface area contributed by atoms with Gasteiger partial charge in [-0.25, -0.2) is 0 Å². The van der Waals surface area contributed by atoms with Gasteiger partial charge in [-0.2, -0.15) is 13.2 Å². The third-order valence-electron chi connectivity index (χ3n) is 6.48. The Bertz CT molecular complexity index is 1060. The number of carbonyl (C=O) groups is 1. The number of para-hydroxylation sites is 2. The molecule has 10 heteroatoms. The molecule has 1 aliphatic heterocycles. The minimum absolute atomic E-state index is 0.0538. The van der Waals surface area contributed by atoms with Crippen LogP contribution in [0.25, 0.3) is 0 Å². The molecule has 0 saturated carbocycles. The maximum atomic E-state index is 12.5. The normalized spacial score (nSPS) is 13.8. The van der Waals surface area contributed by atoms with E-state index in [2.05, 4.69) is 23.2 Å². The van der Waals surface area contributed by atoms with Crippen LogP contribution in [-0.4, -0.2) is 64.2 Å². The lowest BCUT2D eigenvalue weighted by molar-refractivity contribution is -0.153. The highest BCUT2D eigenvalue weighted by Gasteiger charge is 2.29. The molecule has 216 valence electrons. The maximum Gasteiger partial charge on any atom is 0.422 e. The average Bonchev–Trinajstić information content (AvgIpc) is 3.29. The molecular weight excluding hydrogens is 511 g/mol. The number of nitrogens with one attached hydrogen (secondary N) is 1. The first-order chi connectivity index (χ1) is 18.7. The number of unbranched alkanes of at least 4 members (excludes halogenated alkanes) is 1. The van der Waals surface area contributed by atoms with E-state index in [0.29, 0.717) is 25.1 Å². The van der Waals surface area contributed by atoms with Gasteiger partial charge in [0.1, 0.15) is 6.61 Å². The molecule has 0 aliphatic carbocycles. The van der Waals surface area contributed by atoms with Crippen LogP contribution < -0.4 is 25.4 Å². The highest BCUT2D eigenvalue weighted by molar-refractivity contribution is 6.00. The van der Waals surface area contributed by atoms with Crippen molar-refractivity contribution in [1.82, 2.24) is 5.32 Å². The second-order valence-corrected chi connectivity index (χ2v) is 9.83. The zero-order chi connectivity index (χ0) is 28.3. The number of hydrogen-bond acceptors (Lipinski definition) is 6. The van der Waals surface area contributed by atoms with Gasteiger partial charge in [-0.15, -0.1) is 0 Å². The predicted molar refractivity (Wildman–Crippen MR) is 146 cm³/mol. The van der Waals surface area contributed by atoms with Gasteiger partial charge in [0.05, 0.1) is 11.3 Å². The van der Waals surface area contributed by atoms with Gasteiger partial charge < -0.3 is 30.2 Å². The highest BCUT2D eigenvalue weighted by Crippen LogP contribution is 2.34. The summed E-state index contributed by atoms with van der Waals surface area (Å²) in [5.41, 5.74) is 9.44. The van der Waals surface area contributed by atoms with Crippen molar-refractivity contribution in [3.63, 3.8) is 0 Å². The van der Waals surface area contributed by atoms with Crippen LogP contribution in [0.5, 0.6) is 11.5 Å². The summed E-state index contributed by atoms with van der Waals surface area (Å²) in [7, 11) is 0. The van der Waals surface area contributed by atoms with Gasteiger partial charge in [0.2, 0.25) is 0 Å². The maximum absolute atomic E-state index is 12.5. The van der Waals surface area contributed by atoms with Crippen molar-refractivity contribution >= 4 is 11.6 Å². The molecule has 0 radical (unpaired) electrons. The summed E-state index contributed by atoms with van der Waals surface area (Å²) in [5.74, 6) is -0.115. The first kappa shape index (κ1) is 30.6. The molecule has 1 amide bonds. The number of hydrogen-bond donors (Lipinski definition) is 2. The number of amides is 1. The average molecular weight is 552 g/mol. The van der Waals surface area contributed by atoms with Gasteiger partial charge in [-0.3, -0.25) is 4.79 Å². The van der Waals surface area contributed by atoms with Crippen LogP contribution in [0.1, 0.15) is 54.6 Å². The summed E-state index contributed by atoms with van der Waals surface area (Å²) in [6, 6.07) is 10.4. The van der Waals surface area contributed by atoms with E-state index in [4.69, 9.17) is 19.9 Å². The first-order valence-corrected chi connectivity index (χ1v) is 13.6. The quantitative estimate of drug-likeness (QED) is 0.272. The number of anilines is 1. The monoisotopic (exact) mass is 551 g/mol. The van der Waals surface area contributed by atoms with Crippen LogP contribution >= 0.6 is 0 Å². The third kappa shape index (κ3) is 9.93. The number of benzene rings is 2. The molecule has 1 atom stereocenters. The second-order valence-electron chi connectivity index (χ2n) is 9.83. The fourth-order valence-electron chi connectivity index (χ4n) is 4.67. The molecule has 0 spiro atoms. The molecule has 39 heavy (non-hydrogen) atoms. The number of carbonyl (C=O) groups excluding carboxylic acids is 1. The van der Waals surface area contributed by atoms with E-state index >= 15 is 0 Å². The minimum atomic E-state index is -4.42. The van der Waals surface area contributed by atoms with Crippen molar-refractivity contribution in [2.45, 2.75) is 58.2 Å². The molecule has 0 bridgehead atoms. The lowest BCUT2D eigenvalue weighted by Gasteiger charge is -2.22. The number of fused-ring (bicyclic) bond motifs is 1. The van der Waals surface area contributed by atoms with E-state index in [1.54, 1.807) is 18.2 Å². The van der Waals surface area contributed by atoms with Gasteiger partial charge in [0.25, 0.3) is 5.91 Å². The number of ether oxygens (including phenoxy) is 3. The molecule has 7 nitrogen and oxygen atoms in total. The zero-order valence-electron chi connectivity index (χ0n) is 22.8. The Morgan fingerprint density at radius 2 is 1.82 bits per heavy atom. The Balaban J connectivity index is 1.50. The van der Waals surface area contributed by atoms with E-state index < -0.39 is 18.7 Å². The lowest BCUT2D eigenvalue weighted by atomic mass is 9.98. The predicted octanol–water partition coefficient (Wildman–Crippen LogP) is 4.90. The molecule has 0 saturated heterocycles. The summed E-state index contributed by atoms with van der Waals surface area (Å²) >= 11 is 0. The van der Waals surface area contributed by atoms with Crippen LogP contribution in [0.4, 0.5) is 18.9 Å². The molecule has 2 aromatic carbocycles. The number of alkyl halides is 3. The van der Waals surface area contributed by atoms with Crippen LogP contribution in [0.3, 0.4) is 0 Å². The zero-order valence-corrected chi connectivity index (χ0v) is 22.8. The van der Waals surface area contributed by atoms with E-state index in [-0.39, 0.29) is 24.1 Å². The van der Waals surface area contributed by atoms with Gasteiger partial charge in [-0.1, -0.05) is 31.5 Å². The molecule has 0 unspecified atom stereocenters. The van der Waals surface area contributed by atoms with Crippen LogP contribution in [0.2, 0.25) is 0 Å². The molecule has 3 rings (SSSR count). The Morgan fingerprint density at radius 1 is 1.10 bits per heavy atom.